The molecule has 0 bridgehead atoms. The molecule has 1 heterocycles. The monoisotopic (exact) mass is 250 g/mol. The lowest BCUT2D eigenvalue weighted by Crippen LogP contribution is -2.50. The van der Waals surface area contributed by atoms with E-state index in [0.717, 1.165) is 29.8 Å². The molecule has 0 aromatic heterocycles. The number of hydrogen-bond donors (Lipinski definition) is 5. The molecule has 2 aliphatic rings. The van der Waals surface area contributed by atoms with E-state index in [9.17, 15) is 9.90 Å². The fourth-order valence-electron chi connectivity index (χ4n) is 2.52. The number of nitrogens with two attached hydrogens (primary N) is 1. The average molecular weight is 250 g/mol. The van der Waals surface area contributed by atoms with Gasteiger partial charge < -0.3 is 27.6 Å². The summed E-state index contributed by atoms with van der Waals surface area (Å²) < 4.78 is 0. The molecule has 98 valence electrons. The van der Waals surface area contributed by atoms with Gasteiger partial charge in [-0.15, -0.1) is 0 Å². The minimum Gasteiger partial charge on any atom is -0.363 e. The zero-order valence-corrected chi connectivity index (χ0v) is 10.3. The van der Waals surface area contributed by atoms with Gasteiger partial charge in [0.2, 0.25) is 5.72 Å². The summed E-state index contributed by atoms with van der Waals surface area (Å²) in [6.45, 7) is 1.44. The van der Waals surface area contributed by atoms with Crippen LogP contribution in [0.5, 0.6) is 0 Å². The number of fused-ring (bicyclic) bond motifs is 3. The normalized spacial score (nSPS) is 28.6. The smallest absolute Gasteiger partial charge is 0.277 e. The first-order valence-electron chi connectivity index (χ1n) is 5.70. The van der Waals surface area contributed by atoms with Gasteiger partial charge in [0.05, 0.1) is 11.4 Å². The number of amides is 1. The number of carbonyl (C=O) groups is 1. The molecule has 6 nitrogen and oxygen atoms in total. The number of rotatable bonds is 0. The van der Waals surface area contributed by atoms with Crippen molar-refractivity contribution >= 4 is 17.3 Å². The first-order chi connectivity index (χ1) is 7.97. The molecule has 1 aromatic carbocycles. The fraction of sp³-hybridized carbons (Fsp3) is 0.417. The second-order valence-electron chi connectivity index (χ2n) is 4.95. The molecule has 3 rings (SSSR count). The molecule has 1 aromatic rings. The van der Waals surface area contributed by atoms with Crippen LogP contribution < -0.4 is 22.5 Å². The van der Waals surface area contributed by atoms with Gasteiger partial charge >= 0.3 is 0 Å². The number of carbonyl (C=O) groups excluding carboxylic acids is 1. The third-order valence-corrected chi connectivity index (χ3v) is 3.42. The molecule has 2 atom stereocenters. The van der Waals surface area contributed by atoms with Crippen molar-refractivity contribution in [2.75, 3.05) is 10.6 Å². The van der Waals surface area contributed by atoms with Crippen LogP contribution >= 0.6 is 0 Å². The maximum absolute atomic E-state index is 11.6. The maximum atomic E-state index is 11.6. The van der Waals surface area contributed by atoms with Gasteiger partial charge in [-0.05, 0) is 37.0 Å². The van der Waals surface area contributed by atoms with E-state index < -0.39 is 11.6 Å². The highest BCUT2D eigenvalue weighted by Crippen LogP contribution is 2.38. The summed E-state index contributed by atoms with van der Waals surface area (Å²) >= 11 is 0. The molecule has 0 radical (unpaired) electrons. The highest BCUT2D eigenvalue weighted by Gasteiger charge is 2.37. The Morgan fingerprint density at radius 3 is 2.89 bits per heavy atom. The molecular formula is C12H18N4O2. The highest BCUT2D eigenvalue weighted by atomic mass is 16.3. The number of benzene rings is 1. The van der Waals surface area contributed by atoms with Crippen LogP contribution in [0.4, 0.5) is 11.4 Å². The third-order valence-electron chi connectivity index (χ3n) is 3.42. The zero-order valence-electron chi connectivity index (χ0n) is 10.3. The fourth-order valence-corrected chi connectivity index (χ4v) is 2.52. The zero-order chi connectivity index (χ0) is 12.2. The predicted octanol–water partition coefficient (Wildman–Crippen LogP) is 0.347. The molecule has 0 saturated heterocycles. The molecule has 1 aliphatic heterocycles. The second-order valence-corrected chi connectivity index (χ2v) is 4.95. The van der Waals surface area contributed by atoms with Crippen LogP contribution in [0.1, 0.15) is 18.1 Å². The van der Waals surface area contributed by atoms with Crippen molar-refractivity contribution < 1.29 is 9.90 Å². The predicted molar refractivity (Wildman–Crippen MR) is 69.7 cm³/mol. The minimum absolute atomic E-state index is 0. The van der Waals surface area contributed by atoms with E-state index in [0.29, 0.717) is 0 Å². The van der Waals surface area contributed by atoms with Gasteiger partial charge in [0.25, 0.3) is 5.91 Å². The lowest BCUT2D eigenvalue weighted by Gasteiger charge is -2.32. The molecule has 0 fully saturated rings. The van der Waals surface area contributed by atoms with Crippen LogP contribution in [0.2, 0.25) is 0 Å². The van der Waals surface area contributed by atoms with Crippen LogP contribution in [0.3, 0.4) is 0 Å². The molecule has 8 N–H and O–H groups in total. The lowest BCUT2D eigenvalue weighted by atomic mass is 10.0. The van der Waals surface area contributed by atoms with Crippen LogP contribution in [0.15, 0.2) is 12.1 Å². The average Bonchev–Trinajstić information content (AvgIpc) is 2.61. The Bertz CT molecular complexity index is 513. The molecular weight excluding hydrogens is 232 g/mol. The van der Waals surface area contributed by atoms with E-state index in [-0.39, 0.29) is 12.2 Å². The summed E-state index contributed by atoms with van der Waals surface area (Å²) in [5.74, 6) is -0.438. The van der Waals surface area contributed by atoms with Crippen molar-refractivity contribution in [3.63, 3.8) is 0 Å². The number of aliphatic hydroxyl groups is 1. The van der Waals surface area contributed by atoms with E-state index in [2.05, 4.69) is 10.6 Å². The van der Waals surface area contributed by atoms with Gasteiger partial charge in [0.15, 0.2) is 0 Å². The standard InChI is InChI=1S/C12H15N3O2.H3N/c1-12(17)11(16)14-9-3-2-6-4-7(13)5-8(6)10(9)15-12;/h2-3,7,15,17H,4-5,13H2,1H3,(H,14,16);1H3. The summed E-state index contributed by atoms with van der Waals surface area (Å²) in [5, 5.41) is 15.5. The van der Waals surface area contributed by atoms with Gasteiger partial charge in [-0.3, -0.25) is 4.79 Å². The van der Waals surface area contributed by atoms with E-state index in [4.69, 9.17) is 5.73 Å². The summed E-state index contributed by atoms with van der Waals surface area (Å²) in [5.41, 5.74) is 8.19. The van der Waals surface area contributed by atoms with E-state index in [1.54, 1.807) is 0 Å². The molecule has 6 heteroatoms. The Morgan fingerprint density at radius 2 is 2.17 bits per heavy atom. The number of hydrogen-bond acceptors (Lipinski definition) is 5. The number of anilines is 2. The lowest BCUT2D eigenvalue weighted by molar-refractivity contribution is -0.130. The molecule has 2 unspecified atom stereocenters. The van der Waals surface area contributed by atoms with Gasteiger partial charge in [0.1, 0.15) is 0 Å². The quantitative estimate of drug-likeness (QED) is 0.454. The molecule has 1 aliphatic carbocycles. The van der Waals surface area contributed by atoms with Crippen molar-refractivity contribution in [3.05, 3.63) is 23.3 Å². The maximum Gasteiger partial charge on any atom is 0.277 e. The highest BCUT2D eigenvalue weighted by molar-refractivity contribution is 6.05. The van der Waals surface area contributed by atoms with Crippen LogP contribution in [-0.4, -0.2) is 22.8 Å². The summed E-state index contributed by atoms with van der Waals surface area (Å²) in [6.07, 6.45) is 1.62. The topological polar surface area (TPSA) is 122 Å². The van der Waals surface area contributed by atoms with Crippen molar-refractivity contribution in [2.45, 2.75) is 31.5 Å². The van der Waals surface area contributed by atoms with Crippen molar-refractivity contribution in [1.29, 1.82) is 0 Å². The number of nitrogens with one attached hydrogen (secondary N) is 2. The first-order valence-corrected chi connectivity index (χ1v) is 5.70. The van der Waals surface area contributed by atoms with Crippen LogP contribution in [0, 0.1) is 0 Å². The molecule has 18 heavy (non-hydrogen) atoms. The van der Waals surface area contributed by atoms with Gasteiger partial charge in [-0.1, -0.05) is 6.07 Å². The molecule has 0 spiro atoms. The Labute approximate surface area is 105 Å². The van der Waals surface area contributed by atoms with E-state index in [1.165, 1.54) is 12.5 Å². The Hall–Kier alpha value is -1.63. The Balaban J connectivity index is 0.00000120. The summed E-state index contributed by atoms with van der Waals surface area (Å²) in [4.78, 5) is 11.6. The Kier molecular flexibility index (Phi) is 2.81. The van der Waals surface area contributed by atoms with E-state index >= 15 is 0 Å². The van der Waals surface area contributed by atoms with Crippen LogP contribution in [-0.2, 0) is 17.6 Å². The SMILES string of the molecule is CC1(O)Nc2c(ccc3c2CC(N)C3)NC1=O.N. The van der Waals surface area contributed by atoms with Crippen molar-refractivity contribution in [2.24, 2.45) is 5.73 Å². The van der Waals surface area contributed by atoms with Gasteiger partial charge in [0, 0.05) is 6.04 Å². The largest absolute Gasteiger partial charge is 0.363 e. The second kappa shape index (κ2) is 3.94. The summed E-state index contributed by atoms with van der Waals surface area (Å²) in [7, 11) is 0. The first kappa shape index (κ1) is 12.8. The van der Waals surface area contributed by atoms with Crippen molar-refractivity contribution in [3.8, 4) is 0 Å². The Morgan fingerprint density at radius 1 is 1.44 bits per heavy atom. The third kappa shape index (κ3) is 1.74. The molecule has 1 amide bonds. The molecule has 0 saturated carbocycles. The summed E-state index contributed by atoms with van der Waals surface area (Å²) in [6, 6.07) is 3.97. The van der Waals surface area contributed by atoms with Gasteiger partial charge in [-0.2, -0.15) is 0 Å². The minimum atomic E-state index is -1.56. The van der Waals surface area contributed by atoms with E-state index in [1.807, 2.05) is 12.1 Å². The van der Waals surface area contributed by atoms with Gasteiger partial charge in [-0.25, -0.2) is 0 Å². The van der Waals surface area contributed by atoms with Crippen molar-refractivity contribution in [1.82, 2.24) is 6.15 Å². The van der Waals surface area contributed by atoms with Crippen LogP contribution in [0.25, 0.3) is 0 Å².